The Bertz CT molecular complexity index is 598. The molecule has 0 aliphatic heterocycles. The Morgan fingerprint density at radius 3 is 2.36 bits per heavy atom. The predicted molar refractivity (Wildman–Crippen MR) is 83.3 cm³/mol. The lowest BCUT2D eigenvalue weighted by molar-refractivity contribution is -0.143. The molecule has 22 heavy (non-hydrogen) atoms. The van der Waals surface area contributed by atoms with E-state index >= 15 is 0 Å². The van der Waals surface area contributed by atoms with E-state index in [2.05, 4.69) is 0 Å². The van der Waals surface area contributed by atoms with Crippen molar-refractivity contribution in [3.8, 4) is 0 Å². The predicted octanol–water partition coefficient (Wildman–Crippen LogP) is 0.967. The van der Waals surface area contributed by atoms with Gasteiger partial charge in [0, 0.05) is 6.54 Å². The van der Waals surface area contributed by atoms with E-state index in [9.17, 15) is 18.0 Å². The van der Waals surface area contributed by atoms with Crippen LogP contribution in [-0.4, -0.2) is 54.9 Å². The summed E-state index contributed by atoms with van der Waals surface area (Å²) in [6.45, 7) is 1.31. The summed E-state index contributed by atoms with van der Waals surface area (Å²) in [6.07, 6.45) is 1.06. The lowest BCUT2D eigenvalue weighted by atomic mass is 10.1. The molecular weight excluding hydrogens is 306 g/mol. The smallest absolute Gasteiger partial charge is 0.323 e. The van der Waals surface area contributed by atoms with Crippen LogP contribution in [0.2, 0.25) is 0 Å². The fourth-order valence-corrected chi connectivity index (χ4v) is 3.32. The quantitative estimate of drug-likeness (QED) is 0.729. The second kappa shape index (κ2) is 8.53. The van der Waals surface area contributed by atoms with E-state index in [0.29, 0.717) is 12.8 Å². The third-order valence-corrected chi connectivity index (χ3v) is 4.77. The number of carboxylic acids is 1. The van der Waals surface area contributed by atoms with Crippen molar-refractivity contribution in [2.45, 2.75) is 19.8 Å². The Morgan fingerprint density at radius 2 is 1.82 bits per heavy atom. The third-order valence-electron chi connectivity index (χ3n) is 3.17. The third kappa shape index (κ3) is 6.71. The van der Waals surface area contributed by atoms with Gasteiger partial charge in [0.2, 0.25) is 5.91 Å². The number of aliphatic carboxylic acids is 1. The van der Waals surface area contributed by atoms with Crippen molar-refractivity contribution in [1.29, 1.82) is 0 Å². The van der Waals surface area contributed by atoms with Gasteiger partial charge in [0.15, 0.2) is 9.84 Å². The standard InChI is InChI=1S/C15H21NO5S/c1-2-16(11-15(18)19)14(17)12-22(20,21)10-6-9-13-7-4-3-5-8-13/h3-5,7-8H,2,6,9-12H2,1H3,(H,18,19). The van der Waals surface area contributed by atoms with E-state index in [1.807, 2.05) is 30.3 Å². The number of aryl methyl sites for hydroxylation is 1. The highest BCUT2D eigenvalue weighted by molar-refractivity contribution is 7.92. The maximum absolute atomic E-state index is 11.9. The molecule has 1 aromatic rings. The normalized spacial score (nSPS) is 11.1. The fourth-order valence-electron chi connectivity index (χ4n) is 2.03. The maximum Gasteiger partial charge on any atom is 0.323 e. The van der Waals surface area contributed by atoms with Crippen molar-refractivity contribution >= 4 is 21.7 Å². The molecule has 0 radical (unpaired) electrons. The second-order valence-corrected chi connectivity index (χ2v) is 7.17. The van der Waals surface area contributed by atoms with E-state index in [1.165, 1.54) is 0 Å². The molecule has 0 bridgehead atoms. The average Bonchev–Trinajstić information content (AvgIpc) is 2.44. The number of carbonyl (C=O) groups excluding carboxylic acids is 1. The molecule has 6 nitrogen and oxygen atoms in total. The molecule has 0 saturated carbocycles. The summed E-state index contributed by atoms with van der Waals surface area (Å²) in [6, 6.07) is 9.50. The van der Waals surface area contributed by atoms with Crippen LogP contribution in [0.5, 0.6) is 0 Å². The van der Waals surface area contributed by atoms with Gasteiger partial charge in [-0.1, -0.05) is 30.3 Å². The van der Waals surface area contributed by atoms with Crippen LogP contribution in [0.3, 0.4) is 0 Å². The van der Waals surface area contributed by atoms with Crippen molar-refractivity contribution in [3.63, 3.8) is 0 Å². The Kier molecular flexibility index (Phi) is 7.04. The first kappa shape index (κ1) is 18.2. The highest BCUT2D eigenvalue weighted by atomic mass is 32.2. The largest absolute Gasteiger partial charge is 0.480 e. The van der Waals surface area contributed by atoms with Gasteiger partial charge in [-0.3, -0.25) is 9.59 Å². The van der Waals surface area contributed by atoms with Crippen LogP contribution in [0.4, 0.5) is 0 Å². The summed E-state index contributed by atoms with van der Waals surface area (Å²) in [4.78, 5) is 23.5. The molecule has 0 fully saturated rings. The van der Waals surface area contributed by atoms with Crippen LogP contribution in [0.15, 0.2) is 30.3 Å². The van der Waals surface area contributed by atoms with Gasteiger partial charge in [-0.2, -0.15) is 0 Å². The topological polar surface area (TPSA) is 91.8 Å². The van der Waals surface area contributed by atoms with Crippen molar-refractivity contribution < 1.29 is 23.1 Å². The number of likely N-dealkylation sites (N-methyl/N-ethyl adjacent to an activating group) is 1. The molecule has 1 N–H and O–H groups in total. The van der Waals surface area contributed by atoms with Crippen LogP contribution in [0, 0.1) is 0 Å². The zero-order valence-electron chi connectivity index (χ0n) is 12.6. The summed E-state index contributed by atoms with van der Waals surface area (Å²) in [5, 5.41) is 8.69. The van der Waals surface area contributed by atoms with E-state index in [-0.39, 0.29) is 12.3 Å². The Balaban J connectivity index is 2.48. The minimum Gasteiger partial charge on any atom is -0.480 e. The number of nitrogens with zero attached hydrogens (tertiary/aromatic N) is 1. The fraction of sp³-hybridized carbons (Fsp3) is 0.467. The Labute approximate surface area is 130 Å². The first-order chi connectivity index (χ1) is 10.3. The summed E-state index contributed by atoms with van der Waals surface area (Å²) >= 11 is 0. The number of benzene rings is 1. The molecule has 0 saturated heterocycles. The number of amides is 1. The minimum absolute atomic E-state index is 0.0851. The molecule has 0 spiro atoms. The van der Waals surface area contributed by atoms with E-state index < -0.39 is 34.0 Å². The summed E-state index contributed by atoms with van der Waals surface area (Å²) < 4.78 is 23.9. The van der Waals surface area contributed by atoms with Gasteiger partial charge in [-0.05, 0) is 25.3 Å². The minimum atomic E-state index is -3.53. The number of hydrogen-bond donors (Lipinski definition) is 1. The second-order valence-electron chi connectivity index (χ2n) is 4.98. The molecule has 1 amide bonds. The molecule has 1 aromatic carbocycles. The van der Waals surface area contributed by atoms with E-state index in [0.717, 1.165) is 10.5 Å². The van der Waals surface area contributed by atoms with Crippen LogP contribution in [-0.2, 0) is 25.8 Å². The lowest BCUT2D eigenvalue weighted by Crippen LogP contribution is -2.39. The number of rotatable bonds is 9. The molecule has 0 aromatic heterocycles. The van der Waals surface area contributed by atoms with Gasteiger partial charge >= 0.3 is 5.97 Å². The molecule has 7 heteroatoms. The first-order valence-corrected chi connectivity index (χ1v) is 8.90. The molecule has 0 atom stereocenters. The van der Waals surface area contributed by atoms with Crippen LogP contribution in [0.1, 0.15) is 18.9 Å². The van der Waals surface area contributed by atoms with Gasteiger partial charge in [0.1, 0.15) is 12.3 Å². The monoisotopic (exact) mass is 327 g/mol. The summed E-state index contributed by atoms with van der Waals surface area (Å²) in [5.41, 5.74) is 1.05. The van der Waals surface area contributed by atoms with Crippen molar-refractivity contribution in [2.75, 3.05) is 24.6 Å². The SMILES string of the molecule is CCN(CC(=O)O)C(=O)CS(=O)(=O)CCCc1ccccc1. The lowest BCUT2D eigenvalue weighted by Gasteiger charge is -2.18. The molecule has 0 unspecified atom stereocenters. The molecule has 0 aliphatic carbocycles. The molecule has 122 valence electrons. The first-order valence-electron chi connectivity index (χ1n) is 7.08. The Morgan fingerprint density at radius 1 is 1.18 bits per heavy atom. The number of hydrogen-bond acceptors (Lipinski definition) is 4. The molecule has 0 aliphatic rings. The van der Waals surface area contributed by atoms with Crippen molar-refractivity contribution in [1.82, 2.24) is 4.90 Å². The zero-order chi connectivity index (χ0) is 16.6. The summed E-state index contributed by atoms with van der Waals surface area (Å²) in [7, 11) is -3.53. The molecular formula is C15H21NO5S. The van der Waals surface area contributed by atoms with Gasteiger partial charge < -0.3 is 10.0 Å². The molecule has 1 rings (SSSR count). The van der Waals surface area contributed by atoms with Crippen LogP contribution in [0.25, 0.3) is 0 Å². The highest BCUT2D eigenvalue weighted by Gasteiger charge is 2.22. The van der Waals surface area contributed by atoms with Crippen LogP contribution < -0.4 is 0 Å². The van der Waals surface area contributed by atoms with E-state index in [1.54, 1.807) is 6.92 Å². The van der Waals surface area contributed by atoms with Gasteiger partial charge in [0.25, 0.3) is 0 Å². The van der Waals surface area contributed by atoms with Crippen molar-refractivity contribution in [3.05, 3.63) is 35.9 Å². The van der Waals surface area contributed by atoms with Crippen LogP contribution >= 0.6 is 0 Å². The number of carbonyl (C=O) groups is 2. The Hall–Kier alpha value is -1.89. The van der Waals surface area contributed by atoms with Gasteiger partial charge in [-0.15, -0.1) is 0 Å². The van der Waals surface area contributed by atoms with E-state index in [4.69, 9.17) is 5.11 Å². The summed E-state index contributed by atoms with van der Waals surface area (Å²) in [5.74, 6) is -2.54. The number of carboxylic acid groups (broad SMARTS) is 1. The molecule has 0 heterocycles. The average molecular weight is 327 g/mol. The highest BCUT2D eigenvalue weighted by Crippen LogP contribution is 2.05. The maximum atomic E-state index is 11.9. The van der Waals surface area contributed by atoms with Gasteiger partial charge in [-0.25, -0.2) is 8.42 Å². The van der Waals surface area contributed by atoms with Gasteiger partial charge in [0.05, 0.1) is 5.75 Å². The number of sulfone groups is 1. The van der Waals surface area contributed by atoms with Crippen molar-refractivity contribution in [2.24, 2.45) is 0 Å². The zero-order valence-corrected chi connectivity index (χ0v) is 13.4.